The fourth-order valence-electron chi connectivity index (χ4n) is 3.78. The number of rotatable bonds is 12. The number of carbonyl (C=O) groups is 1. The van der Waals surface area contributed by atoms with Gasteiger partial charge in [0.15, 0.2) is 0 Å². The van der Waals surface area contributed by atoms with Gasteiger partial charge in [-0.15, -0.1) is 0 Å². The minimum Gasteiger partial charge on any atom is -0.481 e. The molecule has 4 aromatic rings. The number of hydrogen-bond acceptors (Lipinski definition) is 5. The normalized spacial score (nSPS) is 12.0. The van der Waals surface area contributed by atoms with E-state index in [2.05, 4.69) is 5.32 Å². The molecule has 2 N–H and O–H groups in total. The van der Waals surface area contributed by atoms with Crippen molar-refractivity contribution in [2.45, 2.75) is 18.9 Å². The van der Waals surface area contributed by atoms with Crippen LogP contribution in [0.15, 0.2) is 115 Å². The fraction of sp³-hybridized carbons (Fsp3) is 0.138. The van der Waals surface area contributed by atoms with E-state index < -0.39 is 19.6 Å². The van der Waals surface area contributed by atoms with E-state index in [0.717, 1.165) is 16.7 Å². The summed E-state index contributed by atoms with van der Waals surface area (Å²) >= 11 is 0. The van der Waals surface area contributed by atoms with Crippen molar-refractivity contribution in [3.8, 4) is 22.6 Å². The van der Waals surface area contributed by atoms with Gasteiger partial charge in [-0.05, 0) is 47.4 Å². The molecule has 0 bridgehead atoms. The van der Waals surface area contributed by atoms with Crippen molar-refractivity contribution in [1.29, 1.82) is 0 Å². The van der Waals surface area contributed by atoms with Crippen LogP contribution in [0, 0.1) is 0 Å². The van der Waals surface area contributed by atoms with Crippen LogP contribution in [-0.4, -0.2) is 23.4 Å². The maximum absolute atomic E-state index is 13.7. The minimum absolute atomic E-state index is 0.142. The van der Waals surface area contributed by atoms with Crippen molar-refractivity contribution in [3.05, 3.63) is 121 Å². The highest BCUT2D eigenvalue weighted by Crippen LogP contribution is 2.47. The Morgan fingerprint density at radius 3 is 1.69 bits per heavy atom. The van der Waals surface area contributed by atoms with E-state index in [-0.39, 0.29) is 12.7 Å². The Morgan fingerprint density at radius 1 is 0.722 bits per heavy atom. The number of nitrogens with one attached hydrogen (secondary N) is 1. The number of aliphatic carboxylic acids is 1. The summed E-state index contributed by atoms with van der Waals surface area (Å²) in [5.74, 6) is -0.133. The van der Waals surface area contributed by atoms with Gasteiger partial charge >= 0.3 is 13.6 Å². The Balaban J connectivity index is 1.48. The Kier molecular flexibility index (Phi) is 8.56. The lowest BCUT2D eigenvalue weighted by Gasteiger charge is -2.23. The van der Waals surface area contributed by atoms with Gasteiger partial charge in [0.1, 0.15) is 17.8 Å². The van der Waals surface area contributed by atoms with E-state index in [0.29, 0.717) is 17.9 Å². The van der Waals surface area contributed by atoms with Crippen LogP contribution in [0.3, 0.4) is 0 Å². The first-order valence-electron chi connectivity index (χ1n) is 11.7. The van der Waals surface area contributed by atoms with E-state index in [1.54, 1.807) is 48.5 Å². The first-order chi connectivity index (χ1) is 17.5. The summed E-state index contributed by atoms with van der Waals surface area (Å²) in [7, 11) is -3.72. The number of hydrogen-bond donors (Lipinski definition) is 2. The van der Waals surface area contributed by atoms with E-state index in [1.807, 2.05) is 66.7 Å². The van der Waals surface area contributed by atoms with Crippen LogP contribution in [0.4, 0.5) is 0 Å². The average molecular weight is 502 g/mol. The Morgan fingerprint density at radius 2 is 1.19 bits per heavy atom. The standard InChI is InChI=1S/C29H28NO5P/c31-29(32)21-26(20-23-16-18-25(19-17-23)24-10-4-1-5-11-24)30-22-36(33,34-27-12-6-2-7-13-27)35-28-14-8-3-9-15-28/h1-19,26,30H,20-22H2,(H,31,32). The van der Waals surface area contributed by atoms with Crippen LogP contribution in [0.1, 0.15) is 12.0 Å². The molecular weight excluding hydrogens is 473 g/mol. The molecule has 7 heteroatoms. The second-order valence-corrected chi connectivity index (χ2v) is 10.2. The van der Waals surface area contributed by atoms with Gasteiger partial charge in [0.2, 0.25) is 0 Å². The van der Waals surface area contributed by atoms with E-state index >= 15 is 0 Å². The molecule has 0 saturated carbocycles. The van der Waals surface area contributed by atoms with Gasteiger partial charge in [-0.25, -0.2) is 4.57 Å². The maximum Gasteiger partial charge on any atom is 0.444 e. The lowest BCUT2D eigenvalue weighted by molar-refractivity contribution is -0.137. The summed E-state index contributed by atoms with van der Waals surface area (Å²) in [6.45, 7) is 0. The Bertz CT molecular complexity index is 1240. The first-order valence-corrected chi connectivity index (χ1v) is 13.4. The molecule has 0 aliphatic carbocycles. The second kappa shape index (κ2) is 12.2. The Labute approximate surface area is 211 Å². The maximum atomic E-state index is 13.7. The quantitative estimate of drug-likeness (QED) is 0.212. The zero-order valence-corrected chi connectivity index (χ0v) is 20.6. The zero-order valence-electron chi connectivity index (χ0n) is 19.7. The third-order valence-electron chi connectivity index (χ3n) is 5.51. The van der Waals surface area contributed by atoms with Crippen molar-refractivity contribution in [2.24, 2.45) is 0 Å². The van der Waals surface area contributed by atoms with Crippen molar-refractivity contribution < 1.29 is 23.5 Å². The van der Waals surface area contributed by atoms with Crippen molar-refractivity contribution in [3.63, 3.8) is 0 Å². The highest BCUT2D eigenvalue weighted by molar-refractivity contribution is 7.54. The molecule has 4 rings (SSSR count). The topological polar surface area (TPSA) is 84.9 Å². The summed E-state index contributed by atoms with van der Waals surface area (Å²) in [6.07, 6.45) is 0.145. The first kappa shape index (κ1) is 25.2. The van der Waals surface area contributed by atoms with Gasteiger partial charge in [0.25, 0.3) is 0 Å². The molecule has 0 aliphatic heterocycles. The molecule has 6 nitrogen and oxygen atoms in total. The summed E-state index contributed by atoms with van der Waals surface area (Å²) in [5, 5.41) is 12.6. The molecular formula is C29H28NO5P. The number of carboxylic acid groups (broad SMARTS) is 1. The molecule has 0 heterocycles. The molecule has 0 aliphatic rings. The van der Waals surface area contributed by atoms with Gasteiger partial charge in [0, 0.05) is 6.04 Å². The van der Waals surface area contributed by atoms with Gasteiger partial charge in [-0.1, -0.05) is 91.0 Å². The molecule has 0 radical (unpaired) electrons. The molecule has 0 spiro atoms. The molecule has 0 aromatic heterocycles. The lowest BCUT2D eigenvalue weighted by Crippen LogP contribution is -2.35. The van der Waals surface area contributed by atoms with Gasteiger partial charge in [-0.3, -0.25) is 4.79 Å². The molecule has 0 fully saturated rings. The largest absolute Gasteiger partial charge is 0.481 e. The molecule has 0 amide bonds. The fourth-order valence-corrected chi connectivity index (χ4v) is 5.32. The number of carboxylic acids is 1. The van der Waals surface area contributed by atoms with Crippen molar-refractivity contribution in [1.82, 2.24) is 5.32 Å². The zero-order chi connectivity index (χ0) is 25.2. The summed E-state index contributed by atoms with van der Waals surface area (Å²) < 4.78 is 25.3. The van der Waals surface area contributed by atoms with E-state index in [9.17, 15) is 14.5 Å². The predicted octanol–water partition coefficient (Wildman–Crippen LogP) is 6.64. The van der Waals surface area contributed by atoms with Crippen LogP contribution < -0.4 is 14.4 Å². The highest BCUT2D eigenvalue weighted by Gasteiger charge is 2.30. The number of para-hydroxylation sites is 2. The molecule has 4 aromatic carbocycles. The van der Waals surface area contributed by atoms with Crippen LogP contribution in [0.2, 0.25) is 0 Å². The Hall–Kier alpha value is -3.86. The lowest BCUT2D eigenvalue weighted by atomic mass is 9.99. The third-order valence-corrected chi connectivity index (χ3v) is 7.06. The van der Waals surface area contributed by atoms with Crippen LogP contribution in [0.25, 0.3) is 11.1 Å². The molecule has 1 atom stereocenters. The summed E-state index contributed by atoms with van der Waals surface area (Å²) in [5.41, 5.74) is 3.16. The SMILES string of the molecule is O=C(O)CC(Cc1ccc(-c2ccccc2)cc1)NCP(=O)(Oc1ccccc1)Oc1ccccc1. The molecule has 36 heavy (non-hydrogen) atoms. The third kappa shape index (κ3) is 7.57. The van der Waals surface area contributed by atoms with Gasteiger partial charge in [0.05, 0.1) is 6.42 Å². The molecule has 184 valence electrons. The minimum atomic E-state index is -3.72. The summed E-state index contributed by atoms with van der Waals surface area (Å²) in [4.78, 5) is 11.6. The van der Waals surface area contributed by atoms with Crippen molar-refractivity contribution >= 4 is 13.6 Å². The highest BCUT2D eigenvalue weighted by atomic mass is 31.2. The molecule has 0 saturated heterocycles. The van der Waals surface area contributed by atoms with Gasteiger partial charge < -0.3 is 19.5 Å². The second-order valence-electron chi connectivity index (χ2n) is 8.34. The van der Waals surface area contributed by atoms with E-state index in [4.69, 9.17) is 9.05 Å². The molecule has 1 unspecified atom stereocenters. The smallest absolute Gasteiger partial charge is 0.444 e. The van der Waals surface area contributed by atoms with E-state index in [1.165, 1.54) is 0 Å². The number of benzene rings is 4. The summed E-state index contributed by atoms with van der Waals surface area (Å²) in [6, 6.07) is 35.1. The van der Waals surface area contributed by atoms with Crippen LogP contribution >= 0.6 is 7.60 Å². The monoisotopic (exact) mass is 501 g/mol. The predicted molar refractivity (Wildman–Crippen MR) is 141 cm³/mol. The van der Waals surface area contributed by atoms with Crippen LogP contribution in [0.5, 0.6) is 11.5 Å². The average Bonchev–Trinajstić information content (AvgIpc) is 2.89. The van der Waals surface area contributed by atoms with Crippen LogP contribution in [-0.2, 0) is 15.8 Å². The van der Waals surface area contributed by atoms with Crippen molar-refractivity contribution in [2.75, 3.05) is 6.29 Å². The van der Waals surface area contributed by atoms with Gasteiger partial charge in [-0.2, -0.15) is 0 Å².